The zero-order valence-electron chi connectivity index (χ0n) is 17.0. The number of ether oxygens (including phenoxy) is 4. The minimum atomic E-state index is -0.437. The highest BCUT2D eigenvalue weighted by atomic mass is 35.5. The third-order valence-electron chi connectivity index (χ3n) is 4.82. The monoisotopic (exact) mass is 433 g/mol. The van der Waals surface area contributed by atoms with Gasteiger partial charge in [-0.25, -0.2) is 4.79 Å². The number of halogens is 1. The van der Waals surface area contributed by atoms with E-state index in [0.717, 1.165) is 0 Å². The molecule has 0 spiro atoms. The first-order valence-electron chi connectivity index (χ1n) is 10.2. The van der Waals surface area contributed by atoms with Gasteiger partial charge in [-0.3, -0.25) is 0 Å². The van der Waals surface area contributed by atoms with Gasteiger partial charge in [0.2, 0.25) is 0 Å². The number of hydrogen-bond donors (Lipinski definition) is 1. The highest BCUT2D eigenvalue weighted by Crippen LogP contribution is 2.44. The molecule has 162 valence electrons. The molecule has 1 N–H and O–H groups in total. The van der Waals surface area contributed by atoms with E-state index in [-0.39, 0.29) is 5.92 Å². The standard InChI is InChI=1S/C23H28ClNO5/c24-9-11-27-13-15-29-16-14-28-12-10-25-23(26)30-17-22-20-7-3-1-5-18(20)19-6-2-4-8-21(19)22/h1-8,22H,9-17H2,(H,25,26). The second-order valence-corrected chi connectivity index (χ2v) is 7.16. The molecule has 1 aliphatic carbocycles. The zero-order chi connectivity index (χ0) is 21.0. The molecule has 0 fully saturated rings. The van der Waals surface area contributed by atoms with Crippen LogP contribution in [0.1, 0.15) is 17.0 Å². The molecule has 30 heavy (non-hydrogen) atoms. The Labute approximate surface area is 182 Å². The van der Waals surface area contributed by atoms with Crippen molar-refractivity contribution < 1.29 is 23.7 Å². The number of nitrogens with one attached hydrogen (secondary N) is 1. The fourth-order valence-corrected chi connectivity index (χ4v) is 3.58. The Morgan fingerprint density at radius 3 is 1.93 bits per heavy atom. The van der Waals surface area contributed by atoms with Gasteiger partial charge in [0.15, 0.2) is 0 Å². The molecule has 3 rings (SSSR count). The van der Waals surface area contributed by atoms with Crippen LogP contribution in [0.2, 0.25) is 0 Å². The van der Waals surface area contributed by atoms with Gasteiger partial charge in [-0.2, -0.15) is 0 Å². The van der Waals surface area contributed by atoms with E-state index < -0.39 is 6.09 Å². The van der Waals surface area contributed by atoms with Crippen LogP contribution in [0.25, 0.3) is 11.1 Å². The van der Waals surface area contributed by atoms with E-state index in [4.69, 9.17) is 30.5 Å². The molecule has 0 radical (unpaired) electrons. The lowest BCUT2D eigenvalue weighted by Crippen LogP contribution is -2.29. The number of benzene rings is 2. The molecule has 2 aromatic rings. The first-order chi connectivity index (χ1) is 14.8. The van der Waals surface area contributed by atoms with Gasteiger partial charge in [-0.05, 0) is 22.3 Å². The molecule has 0 saturated heterocycles. The van der Waals surface area contributed by atoms with Crippen molar-refractivity contribution in [1.29, 1.82) is 0 Å². The molecular weight excluding hydrogens is 406 g/mol. The lowest BCUT2D eigenvalue weighted by atomic mass is 9.98. The molecule has 6 nitrogen and oxygen atoms in total. The summed E-state index contributed by atoms with van der Waals surface area (Å²) in [6.45, 7) is 3.60. The molecule has 0 atom stereocenters. The highest BCUT2D eigenvalue weighted by molar-refractivity contribution is 6.17. The predicted molar refractivity (Wildman–Crippen MR) is 116 cm³/mol. The van der Waals surface area contributed by atoms with Crippen molar-refractivity contribution in [2.24, 2.45) is 0 Å². The van der Waals surface area contributed by atoms with Crippen molar-refractivity contribution in [1.82, 2.24) is 5.32 Å². The van der Waals surface area contributed by atoms with E-state index >= 15 is 0 Å². The van der Waals surface area contributed by atoms with Gasteiger partial charge in [-0.1, -0.05) is 48.5 Å². The summed E-state index contributed by atoms with van der Waals surface area (Å²) >= 11 is 5.50. The largest absolute Gasteiger partial charge is 0.449 e. The summed E-state index contributed by atoms with van der Waals surface area (Å²) in [5, 5.41) is 2.72. The Hall–Kier alpha value is -2.12. The van der Waals surface area contributed by atoms with Gasteiger partial charge in [-0.15, -0.1) is 11.6 Å². The molecule has 1 amide bonds. The molecule has 0 saturated carbocycles. The number of hydrogen-bond acceptors (Lipinski definition) is 5. The number of carbonyl (C=O) groups is 1. The topological polar surface area (TPSA) is 66.0 Å². The minimum Gasteiger partial charge on any atom is -0.449 e. The first-order valence-corrected chi connectivity index (χ1v) is 10.7. The van der Waals surface area contributed by atoms with E-state index in [1.165, 1.54) is 22.3 Å². The molecule has 2 aromatic carbocycles. The Morgan fingerprint density at radius 2 is 1.33 bits per heavy atom. The molecule has 0 unspecified atom stereocenters. The molecule has 1 aliphatic rings. The summed E-state index contributed by atoms with van der Waals surface area (Å²) in [4.78, 5) is 12.0. The second kappa shape index (κ2) is 12.5. The highest BCUT2D eigenvalue weighted by Gasteiger charge is 2.28. The van der Waals surface area contributed by atoms with Crippen molar-refractivity contribution in [2.75, 3.05) is 58.7 Å². The van der Waals surface area contributed by atoms with Gasteiger partial charge in [0.05, 0.1) is 39.6 Å². The quantitative estimate of drug-likeness (QED) is 0.384. The van der Waals surface area contributed by atoms with Crippen LogP contribution in [0.3, 0.4) is 0 Å². The summed E-state index contributed by atoms with van der Waals surface area (Å²) in [5.41, 5.74) is 4.82. The maximum atomic E-state index is 12.0. The van der Waals surface area contributed by atoms with Gasteiger partial charge in [0.1, 0.15) is 6.61 Å². The van der Waals surface area contributed by atoms with Crippen molar-refractivity contribution in [3.05, 3.63) is 59.7 Å². The number of rotatable bonds is 13. The van der Waals surface area contributed by atoms with Crippen LogP contribution in [-0.4, -0.2) is 64.8 Å². The van der Waals surface area contributed by atoms with Crippen LogP contribution in [0.4, 0.5) is 4.79 Å². The number of fused-ring (bicyclic) bond motifs is 3. The summed E-state index contributed by atoms with van der Waals surface area (Å²) in [7, 11) is 0. The Morgan fingerprint density at radius 1 is 0.800 bits per heavy atom. The molecule has 7 heteroatoms. The van der Waals surface area contributed by atoms with Crippen LogP contribution in [-0.2, 0) is 18.9 Å². The average molecular weight is 434 g/mol. The predicted octanol–water partition coefficient (Wildman–Crippen LogP) is 3.81. The van der Waals surface area contributed by atoms with Crippen molar-refractivity contribution in [3.8, 4) is 11.1 Å². The Bertz CT molecular complexity index is 755. The van der Waals surface area contributed by atoms with Crippen LogP contribution >= 0.6 is 11.6 Å². The fraction of sp³-hybridized carbons (Fsp3) is 0.435. The van der Waals surface area contributed by atoms with E-state index in [1.54, 1.807) is 0 Å². The Balaban J connectivity index is 1.30. The average Bonchev–Trinajstić information content (AvgIpc) is 3.10. The van der Waals surface area contributed by atoms with Gasteiger partial charge >= 0.3 is 6.09 Å². The van der Waals surface area contributed by atoms with Gasteiger partial charge in [0.25, 0.3) is 0 Å². The third-order valence-corrected chi connectivity index (χ3v) is 4.98. The fourth-order valence-electron chi connectivity index (χ4n) is 3.47. The van der Waals surface area contributed by atoms with Crippen molar-refractivity contribution in [2.45, 2.75) is 5.92 Å². The van der Waals surface area contributed by atoms with Gasteiger partial charge in [0, 0.05) is 18.3 Å². The van der Waals surface area contributed by atoms with E-state index in [1.807, 2.05) is 24.3 Å². The third kappa shape index (κ3) is 6.44. The van der Waals surface area contributed by atoms with Crippen molar-refractivity contribution in [3.63, 3.8) is 0 Å². The number of alkyl carbamates (subject to hydrolysis) is 1. The van der Waals surface area contributed by atoms with Gasteiger partial charge < -0.3 is 24.3 Å². The lowest BCUT2D eigenvalue weighted by molar-refractivity contribution is 0.0178. The lowest BCUT2D eigenvalue weighted by Gasteiger charge is -2.14. The van der Waals surface area contributed by atoms with Crippen LogP contribution in [0.15, 0.2) is 48.5 Å². The summed E-state index contributed by atoms with van der Waals surface area (Å²) < 4.78 is 21.5. The number of carbonyl (C=O) groups excluding carboxylic acids is 1. The summed E-state index contributed by atoms with van der Waals surface area (Å²) in [5.74, 6) is 0.546. The second-order valence-electron chi connectivity index (χ2n) is 6.78. The first kappa shape index (κ1) is 22.6. The smallest absolute Gasteiger partial charge is 0.407 e. The molecule has 0 bridgehead atoms. The number of alkyl halides is 1. The SMILES string of the molecule is O=C(NCCOCCOCCOCCCl)OCC1c2ccccc2-c2ccccc21. The van der Waals surface area contributed by atoms with Crippen molar-refractivity contribution >= 4 is 17.7 Å². The molecular formula is C23H28ClNO5. The van der Waals surface area contributed by atoms with E-state index in [2.05, 4.69) is 29.6 Å². The summed E-state index contributed by atoms with van der Waals surface area (Å²) in [6, 6.07) is 16.5. The van der Waals surface area contributed by atoms with E-state index in [9.17, 15) is 4.79 Å². The molecule has 0 heterocycles. The van der Waals surface area contributed by atoms with Crippen LogP contribution in [0, 0.1) is 0 Å². The maximum absolute atomic E-state index is 12.0. The summed E-state index contributed by atoms with van der Waals surface area (Å²) in [6.07, 6.45) is -0.437. The molecule has 0 aliphatic heterocycles. The van der Waals surface area contributed by atoms with Crippen LogP contribution in [0.5, 0.6) is 0 Å². The maximum Gasteiger partial charge on any atom is 0.407 e. The van der Waals surface area contributed by atoms with Crippen LogP contribution < -0.4 is 5.32 Å². The van der Waals surface area contributed by atoms with E-state index in [0.29, 0.717) is 58.7 Å². The Kier molecular flexibility index (Phi) is 9.44. The normalized spacial score (nSPS) is 12.4. The minimum absolute atomic E-state index is 0.0602. The zero-order valence-corrected chi connectivity index (χ0v) is 17.7. The molecule has 0 aromatic heterocycles. The number of amides is 1.